The zero-order valence-electron chi connectivity index (χ0n) is 11.3. The quantitative estimate of drug-likeness (QED) is 0.658. The summed E-state index contributed by atoms with van der Waals surface area (Å²) in [5.74, 6) is -1.57. The molecule has 0 saturated heterocycles. The number of carboxylic acids is 1. The van der Waals surface area contributed by atoms with Crippen molar-refractivity contribution in [3.63, 3.8) is 0 Å². The first kappa shape index (κ1) is 16.4. The van der Waals surface area contributed by atoms with Crippen LogP contribution < -0.4 is 10.6 Å². The van der Waals surface area contributed by atoms with Crippen molar-refractivity contribution in [1.29, 1.82) is 0 Å². The number of carbonyl (C=O) groups excluding carboxylic acids is 2. The Morgan fingerprint density at radius 3 is 2.06 bits per heavy atom. The van der Waals surface area contributed by atoms with Gasteiger partial charge in [-0.3, -0.25) is 14.9 Å². The fourth-order valence-corrected chi connectivity index (χ4v) is 0.999. The van der Waals surface area contributed by atoms with Crippen LogP contribution in [0.25, 0.3) is 0 Å². The lowest BCUT2D eigenvalue weighted by atomic mass is 9.74. The van der Waals surface area contributed by atoms with Gasteiger partial charge < -0.3 is 15.2 Å². The van der Waals surface area contributed by atoms with Gasteiger partial charge in [0.15, 0.2) is 0 Å². The summed E-state index contributed by atoms with van der Waals surface area (Å²) in [5, 5.41) is 13.9. The Hall–Kier alpha value is -1.63. The number of hydrogen-bond donors (Lipinski definition) is 3. The van der Waals surface area contributed by atoms with Crippen molar-refractivity contribution < 1.29 is 24.2 Å². The van der Waals surface area contributed by atoms with Crippen LogP contribution in [-0.2, 0) is 14.3 Å². The maximum atomic E-state index is 11.3. The molecule has 104 valence electrons. The number of imide groups is 1. The molecule has 18 heavy (non-hydrogen) atoms. The van der Waals surface area contributed by atoms with E-state index in [2.05, 4.69) is 10.1 Å². The van der Waals surface area contributed by atoms with Crippen LogP contribution in [0.5, 0.6) is 0 Å². The molecular weight excluding hydrogens is 240 g/mol. The van der Waals surface area contributed by atoms with Crippen LogP contribution >= 0.6 is 0 Å². The van der Waals surface area contributed by atoms with Crippen molar-refractivity contribution in [3.8, 4) is 0 Å². The smallest absolute Gasteiger partial charge is 0.413 e. The van der Waals surface area contributed by atoms with Crippen molar-refractivity contribution in [2.75, 3.05) is 13.7 Å². The SMILES string of the molecule is COC(=O)NC(=O)CNC(C)(C)C(C)(C)C(=O)O. The van der Waals surface area contributed by atoms with E-state index in [0.29, 0.717) is 0 Å². The average molecular weight is 260 g/mol. The number of aliphatic carboxylic acids is 1. The van der Waals surface area contributed by atoms with Gasteiger partial charge in [0.2, 0.25) is 5.91 Å². The average Bonchev–Trinajstić information content (AvgIpc) is 2.25. The van der Waals surface area contributed by atoms with E-state index in [9.17, 15) is 14.4 Å². The summed E-state index contributed by atoms with van der Waals surface area (Å²) in [6.45, 7) is 6.28. The van der Waals surface area contributed by atoms with Crippen molar-refractivity contribution >= 4 is 18.0 Å². The molecule has 0 atom stereocenters. The van der Waals surface area contributed by atoms with Gasteiger partial charge in [-0.05, 0) is 27.7 Å². The molecule has 0 bridgehead atoms. The van der Waals surface area contributed by atoms with Gasteiger partial charge in [0.1, 0.15) is 0 Å². The number of rotatable bonds is 5. The minimum atomic E-state index is -1.07. The van der Waals surface area contributed by atoms with Crippen LogP contribution in [0.2, 0.25) is 0 Å². The van der Waals surface area contributed by atoms with Crippen molar-refractivity contribution in [2.45, 2.75) is 33.2 Å². The summed E-state index contributed by atoms with van der Waals surface area (Å²) in [6, 6.07) is 0. The summed E-state index contributed by atoms with van der Waals surface area (Å²) in [6.07, 6.45) is -0.850. The van der Waals surface area contributed by atoms with Gasteiger partial charge in [0.25, 0.3) is 0 Å². The lowest BCUT2D eigenvalue weighted by Gasteiger charge is -2.38. The molecule has 0 unspecified atom stereocenters. The molecular formula is C11H20N2O5. The Balaban J connectivity index is 4.49. The monoisotopic (exact) mass is 260 g/mol. The number of nitrogens with one attached hydrogen (secondary N) is 2. The molecule has 3 N–H and O–H groups in total. The molecule has 7 heteroatoms. The van der Waals surface area contributed by atoms with Gasteiger partial charge in [-0.15, -0.1) is 0 Å². The molecule has 0 aromatic carbocycles. The highest BCUT2D eigenvalue weighted by atomic mass is 16.5. The highest BCUT2D eigenvalue weighted by Gasteiger charge is 2.43. The predicted molar refractivity (Wildman–Crippen MR) is 64.0 cm³/mol. The fourth-order valence-electron chi connectivity index (χ4n) is 0.999. The van der Waals surface area contributed by atoms with Crippen LogP contribution in [0, 0.1) is 5.41 Å². The Morgan fingerprint density at radius 2 is 1.67 bits per heavy atom. The largest absolute Gasteiger partial charge is 0.481 e. The first-order valence-corrected chi connectivity index (χ1v) is 5.41. The van der Waals surface area contributed by atoms with E-state index in [4.69, 9.17) is 5.11 Å². The van der Waals surface area contributed by atoms with E-state index in [1.807, 2.05) is 5.32 Å². The number of ether oxygens (including phenoxy) is 1. The molecule has 0 aliphatic rings. The van der Waals surface area contributed by atoms with Crippen molar-refractivity contribution in [1.82, 2.24) is 10.6 Å². The molecule has 0 saturated carbocycles. The van der Waals surface area contributed by atoms with Crippen molar-refractivity contribution in [3.05, 3.63) is 0 Å². The standard InChI is InChI=1S/C11H20N2O5/c1-10(2,8(15)16)11(3,4)12-6-7(14)13-9(17)18-5/h12H,6H2,1-5H3,(H,15,16)(H,13,14,17). The van der Waals surface area contributed by atoms with Crippen LogP contribution in [0.3, 0.4) is 0 Å². The third-order valence-electron chi connectivity index (χ3n) is 3.21. The van der Waals surface area contributed by atoms with Crippen molar-refractivity contribution in [2.24, 2.45) is 5.41 Å². The number of amides is 2. The molecule has 7 nitrogen and oxygen atoms in total. The molecule has 0 aliphatic carbocycles. The van der Waals surface area contributed by atoms with Crippen LogP contribution in [0.1, 0.15) is 27.7 Å². The third-order valence-corrected chi connectivity index (χ3v) is 3.21. The minimum Gasteiger partial charge on any atom is -0.481 e. The third kappa shape index (κ3) is 3.99. The normalized spacial score (nSPS) is 11.8. The fraction of sp³-hybridized carbons (Fsp3) is 0.727. The number of alkyl carbamates (subject to hydrolysis) is 1. The van der Waals surface area contributed by atoms with E-state index in [1.54, 1.807) is 27.7 Å². The zero-order chi connectivity index (χ0) is 14.6. The second kappa shape index (κ2) is 5.81. The molecule has 0 heterocycles. The molecule has 0 fully saturated rings. The van der Waals surface area contributed by atoms with E-state index >= 15 is 0 Å². The Bertz CT molecular complexity index is 349. The summed E-state index contributed by atoms with van der Waals surface area (Å²) in [4.78, 5) is 33.2. The second-order valence-corrected chi connectivity index (χ2v) is 4.95. The summed E-state index contributed by atoms with van der Waals surface area (Å²) in [5.41, 5.74) is -1.90. The summed E-state index contributed by atoms with van der Waals surface area (Å²) < 4.78 is 4.27. The maximum Gasteiger partial charge on any atom is 0.413 e. The van der Waals surface area contributed by atoms with E-state index in [-0.39, 0.29) is 6.54 Å². The van der Waals surface area contributed by atoms with Gasteiger partial charge in [-0.1, -0.05) is 0 Å². The van der Waals surface area contributed by atoms with Crippen LogP contribution in [0.4, 0.5) is 4.79 Å². The molecule has 2 amide bonds. The highest BCUT2D eigenvalue weighted by Crippen LogP contribution is 2.30. The van der Waals surface area contributed by atoms with E-state index in [1.165, 1.54) is 0 Å². The molecule has 0 aromatic rings. The lowest BCUT2D eigenvalue weighted by molar-refractivity contribution is -0.151. The Labute approximate surface area is 106 Å². The van der Waals surface area contributed by atoms with E-state index in [0.717, 1.165) is 7.11 Å². The Kier molecular flexibility index (Phi) is 5.29. The zero-order valence-corrected chi connectivity index (χ0v) is 11.3. The van der Waals surface area contributed by atoms with Gasteiger partial charge in [0.05, 0.1) is 19.1 Å². The number of carbonyl (C=O) groups is 3. The molecule has 0 aliphatic heterocycles. The minimum absolute atomic E-state index is 0.182. The lowest BCUT2D eigenvalue weighted by Crippen LogP contribution is -2.57. The summed E-state index contributed by atoms with van der Waals surface area (Å²) >= 11 is 0. The van der Waals surface area contributed by atoms with Gasteiger partial charge >= 0.3 is 12.1 Å². The van der Waals surface area contributed by atoms with Crippen LogP contribution in [-0.4, -0.2) is 42.3 Å². The maximum absolute atomic E-state index is 11.3. The second-order valence-electron chi connectivity index (χ2n) is 4.95. The van der Waals surface area contributed by atoms with Gasteiger partial charge in [-0.2, -0.15) is 0 Å². The molecule has 0 spiro atoms. The first-order chi connectivity index (χ1) is 8.04. The van der Waals surface area contributed by atoms with E-state index < -0.39 is 28.9 Å². The number of hydrogen-bond acceptors (Lipinski definition) is 5. The predicted octanol–water partition coefficient (Wildman–Crippen LogP) is 0.348. The summed E-state index contributed by atoms with van der Waals surface area (Å²) in [7, 11) is 1.15. The number of carboxylic acid groups (broad SMARTS) is 1. The molecule has 0 rings (SSSR count). The highest BCUT2D eigenvalue weighted by molar-refractivity contribution is 5.92. The first-order valence-electron chi connectivity index (χ1n) is 5.41. The Morgan fingerprint density at radius 1 is 1.17 bits per heavy atom. The van der Waals surface area contributed by atoms with Gasteiger partial charge in [-0.25, -0.2) is 4.79 Å². The molecule has 0 aromatic heterocycles. The topological polar surface area (TPSA) is 105 Å². The van der Waals surface area contributed by atoms with Crippen LogP contribution in [0.15, 0.2) is 0 Å². The van der Waals surface area contributed by atoms with Gasteiger partial charge in [0, 0.05) is 5.54 Å². The number of methoxy groups -OCH3 is 1. The molecule has 0 radical (unpaired) electrons.